The summed E-state index contributed by atoms with van der Waals surface area (Å²) in [7, 11) is -3.06. The number of sulfonamides is 1. The molecule has 2 saturated heterocycles. The first kappa shape index (κ1) is 14.3. The van der Waals surface area contributed by atoms with E-state index in [1.807, 2.05) is 0 Å². The highest BCUT2D eigenvalue weighted by Gasteiger charge is 2.34. The number of piperidine rings is 2. The first-order valence-electron chi connectivity index (χ1n) is 7.21. The van der Waals surface area contributed by atoms with Crippen LogP contribution in [0.25, 0.3) is 0 Å². The third-order valence-corrected chi connectivity index (χ3v) is 6.70. The average Bonchev–Trinajstić information content (AvgIpc) is 2.33. The van der Waals surface area contributed by atoms with E-state index in [-0.39, 0.29) is 6.04 Å². The fourth-order valence-corrected chi connectivity index (χ4v) is 5.37. The van der Waals surface area contributed by atoms with Crippen molar-refractivity contribution in [3.8, 4) is 0 Å². The van der Waals surface area contributed by atoms with Gasteiger partial charge < -0.3 is 5.32 Å². The Labute approximate surface area is 111 Å². The fraction of sp³-hybridized carbons (Fsp3) is 1.00. The lowest BCUT2D eigenvalue weighted by molar-refractivity contribution is 0.200. The van der Waals surface area contributed by atoms with Gasteiger partial charge in [-0.2, -0.15) is 4.31 Å². The maximum absolute atomic E-state index is 12.5. The molecule has 2 unspecified atom stereocenters. The smallest absolute Gasteiger partial charge is 0.214 e. The SMILES string of the molecule is CC1CCCN(S(=O)(=O)CC2CCNCC2)C1C. The van der Waals surface area contributed by atoms with Gasteiger partial charge >= 0.3 is 0 Å². The summed E-state index contributed by atoms with van der Waals surface area (Å²) in [5, 5.41) is 3.29. The number of hydrogen-bond acceptors (Lipinski definition) is 3. The summed E-state index contributed by atoms with van der Waals surface area (Å²) >= 11 is 0. The van der Waals surface area contributed by atoms with Gasteiger partial charge in [0.15, 0.2) is 0 Å². The van der Waals surface area contributed by atoms with Crippen LogP contribution in [0, 0.1) is 11.8 Å². The Morgan fingerprint density at radius 1 is 1.17 bits per heavy atom. The third-order valence-electron chi connectivity index (χ3n) is 4.58. The topological polar surface area (TPSA) is 49.4 Å². The molecule has 2 aliphatic heterocycles. The van der Waals surface area contributed by atoms with Crippen LogP contribution in [0.15, 0.2) is 0 Å². The van der Waals surface area contributed by atoms with Crippen molar-refractivity contribution in [2.45, 2.75) is 45.6 Å². The van der Waals surface area contributed by atoms with E-state index in [2.05, 4.69) is 19.2 Å². The molecule has 1 N–H and O–H groups in total. The lowest BCUT2D eigenvalue weighted by Gasteiger charge is -2.37. The Kier molecular flexibility index (Phi) is 4.67. The molecule has 0 aromatic heterocycles. The van der Waals surface area contributed by atoms with E-state index >= 15 is 0 Å². The Morgan fingerprint density at radius 3 is 2.50 bits per heavy atom. The monoisotopic (exact) mass is 274 g/mol. The highest BCUT2D eigenvalue weighted by Crippen LogP contribution is 2.27. The van der Waals surface area contributed by atoms with Crippen molar-refractivity contribution in [2.24, 2.45) is 11.8 Å². The molecule has 0 aromatic carbocycles. The summed E-state index contributed by atoms with van der Waals surface area (Å²) in [4.78, 5) is 0. The maximum atomic E-state index is 12.5. The van der Waals surface area contributed by atoms with Crippen LogP contribution >= 0.6 is 0 Å². The second-order valence-electron chi connectivity index (χ2n) is 5.94. The second kappa shape index (κ2) is 5.88. The minimum atomic E-state index is -3.06. The quantitative estimate of drug-likeness (QED) is 0.847. The minimum absolute atomic E-state index is 0.172. The predicted octanol–water partition coefficient (Wildman–Crippen LogP) is 1.44. The molecule has 2 fully saturated rings. The van der Waals surface area contributed by atoms with Gasteiger partial charge in [-0.15, -0.1) is 0 Å². The van der Waals surface area contributed by atoms with Gasteiger partial charge in [-0.05, 0) is 57.5 Å². The zero-order valence-electron chi connectivity index (χ0n) is 11.6. The minimum Gasteiger partial charge on any atom is -0.317 e. The molecular weight excluding hydrogens is 248 g/mol. The van der Waals surface area contributed by atoms with Gasteiger partial charge in [0.05, 0.1) is 5.75 Å². The number of rotatable bonds is 3. The molecule has 2 rings (SSSR count). The molecule has 4 nitrogen and oxygen atoms in total. The number of nitrogens with zero attached hydrogens (tertiary/aromatic N) is 1. The van der Waals surface area contributed by atoms with Gasteiger partial charge in [0.1, 0.15) is 0 Å². The molecule has 2 aliphatic rings. The molecule has 5 heteroatoms. The van der Waals surface area contributed by atoms with Crippen molar-refractivity contribution in [1.82, 2.24) is 9.62 Å². The van der Waals surface area contributed by atoms with E-state index in [0.717, 1.165) is 45.3 Å². The summed E-state index contributed by atoms with van der Waals surface area (Å²) in [5.41, 5.74) is 0. The van der Waals surface area contributed by atoms with Crippen LogP contribution in [-0.2, 0) is 10.0 Å². The highest BCUT2D eigenvalue weighted by atomic mass is 32.2. The maximum Gasteiger partial charge on any atom is 0.214 e. The average molecular weight is 274 g/mol. The van der Waals surface area contributed by atoms with Crippen molar-refractivity contribution < 1.29 is 8.42 Å². The highest BCUT2D eigenvalue weighted by molar-refractivity contribution is 7.89. The lowest BCUT2D eigenvalue weighted by Crippen LogP contribution is -2.48. The third kappa shape index (κ3) is 3.25. The molecule has 0 radical (unpaired) electrons. The van der Waals surface area contributed by atoms with Crippen molar-refractivity contribution in [3.63, 3.8) is 0 Å². The summed E-state index contributed by atoms with van der Waals surface area (Å²) in [6.07, 6.45) is 4.16. The van der Waals surface area contributed by atoms with Crippen LogP contribution in [0.1, 0.15) is 39.5 Å². The molecule has 0 aliphatic carbocycles. The van der Waals surface area contributed by atoms with E-state index < -0.39 is 10.0 Å². The summed E-state index contributed by atoms with van der Waals surface area (Å²) < 4.78 is 26.8. The van der Waals surface area contributed by atoms with E-state index in [0.29, 0.717) is 17.6 Å². The Bertz CT molecular complexity index is 363. The standard InChI is InChI=1S/C13H26N2O2S/c1-11-4-3-9-15(12(11)2)18(16,17)10-13-5-7-14-8-6-13/h11-14H,3-10H2,1-2H3. The zero-order chi connectivity index (χ0) is 13.2. The molecule has 0 saturated carbocycles. The van der Waals surface area contributed by atoms with Gasteiger partial charge in [-0.3, -0.25) is 0 Å². The Morgan fingerprint density at radius 2 is 1.83 bits per heavy atom. The van der Waals surface area contributed by atoms with E-state index in [4.69, 9.17) is 0 Å². The van der Waals surface area contributed by atoms with E-state index in [1.165, 1.54) is 0 Å². The summed E-state index contributed by atoms with van der Waals surface area (Å²) in [6, 6.07) is 0.172. The molecule has 0 bridgehead atoms. The van der Waals surface area contributed by atoms with Crippen molar-refractivity contribution in [2.75, 3.05) is 25.4 Å². The normalized spacial score (nSPS) is 32.6. The molecule has 0 spiro atoms. The van der Waals surface area contributed by atoms with Crippen LogP contribution in [-0.4, -0.2) is 44.2 Å². The van der Waals surface area contributed by atoms with E-state index in [9.17, 15) is 8.42 Å². The van der Waals surface area contributed by atoms with Crippen LogP contribution in [0.5, 0.6) is 0 Å². The van der Waals surface area contributed by atoms with Gasteiger partial charge in [-0.25, -0.2) is 8.42 Å². The van der Waals surface area contributed by atoms with Crippen molar-refractivity contribution >= 4 is 10.0 Å². The number of nitrogens with one attached hydrogen (secondary N) is 1. The molecule has 2 heterocycles. The van der Waals surface area contributed by atoms with Crippen LogP contribution in [0.2, 0.25) is 0 Å². The Balaban J connectivity index is 2.00. The molecule has 106 valence electrons. The first-order valence-corrected chi connectivity index (χ1v) is 8.82. The van der Waals surface area contributed by atoms with E-state index in [1.54, 1.807) is 4.31 Å². The van der Waals surface area contributed by atoms with Gasteiger partial charge in [0.2, 0.25) is 10.0 Å². The second-order valence-corrected chi connectivity index (χ2v) is 7.91. The molecule has 0 amide bonds. The summed E-state index contributed by atoms with van der Waals surface area (Å²) in [6.45, 7) is 6.87. The zero-order valence-corrected chi connectivity index (χ0v) is 12.4. The molecule has 2 atom stereocenters. The van der Waals surface area contributed by atoms with Gasteiger partial charge in [-0.1, -0.05) is 6.92 Å². The van der Waals surface area contributed by atoms with Crippen LogP contribution in [0.3, 0.4) is 0 Å². The largest absolute Gasteiger partial charge is 0.317 e. The molecule has 0 aromatic rings. The molecule has 18 heavy (non-hydrogen) atoms. The Hall–Kier alpha value is -0.130. The van der Waals surface area contributed by atoms with Gasteiger partial charge in [0, 0.05) is 12.6 Å². The summed E-state index contributed by atoms with van der Waals surface area (Å²) in [5.74, 6) is 1.19. The predicted molar refractivity (Wildman–Crippen MR) is 73.9 cm³/mol. The van der Waals surface area contributed by atoms with Crippen molar-refractivity contribution in [3.05, 3.63) is 0 Å². The van der Waals surface area contributed by atoms with Crippen molar-refractivity contribution in [1.29, 1.82) is 0 Å². The fourth-order valence-electron chi connectivity index (χ4n) is 3.13. The van der Waals surface area contributed by atoms with Gasteiger partial charge in [0.25, 0.3) is 0 Å². The van der Waals surface area contributed by atoms with Crippen LogP contribution in [0.4, 0.5) is 0 Å². The number of hydrogen-bond donors (Lipinski definition) is 1. The van der Waals surface area contributed by atoms with Crippen LogP contribution < -0.4 is 5.32 Å². The lowest BCUT2D eigenvalue weighted by atomic mass is 9.94. The first-order chi connectivity index (χ1) is 8.50. The molecular formula is C13H26N2O2S.